The van der Waals surface area contributed by atoms with Crippen molar-refractivity contribution in [2.45, 2.75) is 10.4 Å². The Morgan fingerprint density at radius 2 is 1.88 bits per heavy atom. The van der Waals surface area contributed by atoms with Crippen LogP contribution in [0.4, 0.5) is 13.2 Å². The number of nitrogens with one attached hydrogen (secondary N) is 1. The van der Waals surface area contributed by atoms with Crippen molar-refractivity contribution in [2.75, 3.05) is 13.2 Å². The Hall–Kier alpha value is -2.20. The van der Waals surface area contributed by atoms with Gasteiger partial charge in [0.1, 0.15) is 28.8 Å². The van der Waals surface area contributed by atoms with Gasteiger partial charge < -0.3 is 9.47 Å². The van der Waals surface area contributed by atoms with E-state index in [-0.39, 0.29) is 5.69 Å². The molecule has 0 atom stereocenters. The SMILES string of the molecule is FC(F)(F)c1cc(-c2ccc(-c3sc(S)c4c3OCCO4)cn2)n[nH]1. The van der Waals surface area contributed by atoms with Gasteiger partial charge in [0.2, 0.25) is 0 Å². The fourth-order valence-corrected chi connectivity index (χ4v) is 3.76. The molecule has 4 rings (SSSR count). The number of hydrogen-bond acceptors (Lipinski definition) is 6. The molecule has 0 aliphatic carbocycles. The Morgan fingerprint density at radius 1 is 1.12 bits per heavy atom. The van der Waals surface area contributed by atoms with Crippen LogP contribution in [0.5, 0.6) is 11.5 Å². The van der Waals surface area contributed by atoms with E-state index in [1.54, 1.807) is 18.3 Å². The highest BCUT2D eigenvalue weighted by atomic mass is 32.2. The maximum atomic E-state index is 12.6. The van der Waals surface area contributed by atoms with Crippen LogP contribution in [-0.4, -0.2) is 28.4 Å². The van der Waals surface area contributed by atoms with Gasteiger partial charge in [-0.25, -0.2) is 0 Å². The van der Waals surface area contributed by atoms with Crippen LogP contribution >= 0.6 is 24.0 Å². The van der Waals surface area contributed by atoms with E-state index in [9.17, 15) is 13.2 Å². The summed E-state index contributed by atoms with van der Waals surface area (Å²) in [5.41, 5.74) is 0.319. The molecule has 25 heavy (non-hydrogen) atoms. The number of H-pyrrole nitrogens is 1. The molecular weight excluding hydrogens is 375 g/mol. The van der Waals surface area contributed by atoms with E-state index >= 15 is 0 Å². The minimum atomic E-state index is -4.47. The topological polar surface area (TPSA) is 60.0 Å². The molecule has 0 aromatic carbocycles. The van der Waals surface area contributed by atoms with Crippen molar-refractivity contribution in [1.29, 1.82) is 0 Å². The lowest BCUT2D eigenvalue weighted by molar-refractivity contribution is -0.141. The van der Waals surface area contributed by atoms with Gasteiger partial charge in [0, 0.05) is 11.8 Å². The molecule has 0 unspecified atom stereocenters. The van der Waals surface area contributed by atoms with Crippen molar-refractivity contribution in [2.24, 2.45) is 0 Å². The van der Waals surface area contributed by atoms with Gasteiger partial charge >= 0.3 is 6.18 Å². The first-order chi connectivity index (χ1) is 11.9. The maximum absolute atomic E-state index is 12.6. The lowest BCUT2D eigenvalue weighted by Gasteiger charge is -2.16. The molecule has 0 radical (unpaired) electrons. The molecule has 1 aliphatic rings. The number of alkyl halides is 3. The standard InChI is InChI=1S/C15H10F3N3O2S2/c16-15(17,18)10-5-9(20-21-10)8-2-1-7(6-19-8)13-11-12(14(24)25-13)23-4-3-22-11/h1-2,5-6,24H,3-4H2,(H,20,21). The number of fused-ring (bicyclic) bond motifs is 1. The van der Waals surface area contributed by atoms with Gasteiger partial charge in [-0.3, -0.25) is 10.1 Å². The molecule has 10 heteroatoms. The maximum Gasteiger partial charge on any atom is 0.432 e. The third-order valence-corrected chi connectivity index (χ3v) is 5.03. The van der Waals surface area contributed by atoms with Crippen molar-refractivity contribution in [3.63, 3.8) is 0 Å². The van der Waals surface area contributed by atoms with Gasteiger partial charge in [0.15, 0.2) is 11.5 Å². The molecule has 4 heterocycles. The van der Waals surface area contributed by atoms with Crippen LogP contribution in [0.1, 0.15) is 5.69 Å². The lowest BCUT2D eigenvalue weighted by Crippen LogP contribution is -2.14. The first kappa shape index (κ1) is 16.3. The molecule has 0 saturated carbocycles. The van der Waals surface area contributed by atoms with Gasteiger partial charge in [-0.15, -0.1) is 24.0 Å². The highest BCUT2D eigenvalue weighted by Gasteiger charge is 2.33. The van der Waals surface area contributed by atoms with Crippen LogP contribution in [-0.2, 0) is 6.18 Å². The molecule has 130 valence electrons. The summed E-state index contributed by atoms with van der Waals surface area (Å²) in [5.74, 6) is 1.23. The minimum Gasteiger partial charge on any atom is -0.485 e. The summed E-state index contributed by atoms with van der Waals surface area (Å²) in [5, 5.41) is 5.64. The summed E-state index contributed by atoms with van der Waals surface area (Å²) < 4.78 is 49.8. The molecule has 0 saturated heterocycles. The van der Waals surface area contributed by atoms with E-state index in [4.69, 9.17) is 9.47 Å². The number of thiophene rings is 1. The predicted octanol–water partition coefficient (Wildman–Crippen LogP) is 4.28. The van der Waals surface area contributed by atoms with Crippen LogP contribution in [0.25, 0.3) is 21.8 Å². The van der Waals surface area contributed by atoms with Gasteiger partial charge in [0.25, 0.3) is 0 Å². The molecule has 0 spiro atoms. The van der Waals surface area contributed by atoms with Crippen LogP contribution in [0.15, 0.2) is 28.6 Å². The fourth-order valence-electron chi connectivity index (χ4n) is 2.40. The van der Waals surface area contributed by atoms with Crippen molar-refractivity contribution in [1.82, 2.24) is 15.2 Å². The molecule has 5 nitrogen and oxygen atoms in total. The van der Waals surface area contributed by atoms with Crippen molar-refractivity contribution >= 4 is 24.0 Å². The number of halogens is 3. The van der Waals surface area contributed by atoms with Gasteiger partial charge in [-0.1, -0.05) is 0 Å². The van der Waals surface area contributed by atoms with Crippen molar-refractivity contribution in [3.8, 4) is 33.3 Å². The highest BCUT2D eigenvalue weighted by molar-refractivity contribution is 7.83. The van der Waals surface area contributed by atoms with E-state index in [2.05, 4.69) is 22.7 Å². The number of thiol groups is 1. The van der Waals surface area contributed by atoms with E-state index in [0.29, 0.717) is 34.6 Å². The number of aromatic amines is 1. The largest absolute Gasteiger partial charge is 0.485 e. The second-order valence-electron chi connectivity index (χ2n) is 5.19. The van der Waals surface area contributed by atoms with Gasteiger partial charge in [-0.2, -0.15) is 18.3 Å². The van der Waals surface area contributed by atoms with E-state index < -0.39 is 11.9 Å². The number of pyridine rings is 1. The Balaban J connectivity index is 1.66. The quantitative estimate of drug-likeness (QED) is 0.647. The highest BCUT2D eigenvalue weighted by Crippen LogP contribution is 2.50. The molecule has 3 aromatic heterocycles. The number of rotatable bonds is 2. The monoisotopic (exact) mass is 385 g/mol. The van der Waals surface area contributed by atoms with Crippen LogP contribution in [0.3, 0.4) is 0 Å². The second kappa shape index (κ2) is 5.95. The predicted molar refractivity (Wildman–Crippen MR) is 88.4 cm³/mol. The first-order valence-electron chi connectivity index (χ1n) is 7.14. The zero-order chi connectivity index (χ0) is 17.6. The number of hydrogen-bond donors (Lipinski definition) is 2. The summed E-state index contributed by atoms with van der Waals surface area (Å²) in [6.07, 6.45) is -2.91. The number of nitrogens with zero attached hydrogens (tertiary/aromatic N) is 2. The van der Waals surface area contributed by atoms with Gasteiger partial charge in [-0.05, 0) is 18.2 Å². The zero-order valence-corrected chi connectivity index (χ0v) is 14.1. The number of aromatic nitrogens is 3. The Bertz CT molecular complexity index is 919. The minimum absolute atomic E-state index is 0.126. The smallest absolute Gasteiger partial charge is 0.432 e. The summed E-state index contributed by atoms with van der Waals surface area (Å²) in [6.45, 7) is 0.914. The van der Waals surface area contributed by atoms with E-state index in [1.807, 2.05) is 5.10 Å². The average molecular weight is 385 g/mol. The van der Waals surface area contributed by atoms with Gasteiger partial charge in [0.05, 0.1) is 10.6 Å². The van der Waals surface area contributed by atoms with Crippen LogP contribution in [0, 0.1) is 0 Å². The molecule has 0 amide bonds. The molecule has 0 fully saturated rings. The molecule has 1 aliphatic heterocycles. The fraction of sp³-hybridized carbons (Fsp3) is 0.200. The van der Waals surface area contributed by atoms with E-state index in [0.717, 1.165) is 16.5 Å². The van der Waals surface area contributed by atoms with Crippen LogP contribution < -0.4 is 9.47 Å². The Labute approximate surface area is 149 Å². The first-order valence-corrected chi connectivity index (χ1v) is 8.40. The third-order valence-electron chi connectivity index (χ3n) is 3.55. The van der Waals surface area contributed by atoms with Crippen LogP contribution in [0.2, 0.25) is 0 Å². The lowest BCUT2D eigenvalue weighted by atomic mass is 10.2. The molecule has 1 N–H and O–H groups in total. The molecular formula is C15H10F3N3O2S2. The van der Waals surface area contributed by atoms with Crippen molar-refractivity contribution < 1.29 is 22.6 Å². The Kier molecular flexibility index (Phi) is 3.88. The normalized spacial score (nSPS) is 13.9. The average Bonchev–Trinajstić information content (AvgIpc) is 3.21. The number of ether oxygens (including phenoxy) is 2. The van der Waals surface area contributed by atoms with E-state index in [1.165, 1.54) is 11.3 Å². The van der Waals surface area contributed by atoms with Crippen molar-refractivity contribution in [3.05, 3.63) is 30.1 Å². The second-order valence-corrected chi connectivity index (χ2v) is 6.96. The summed E-state index contributed by atoms with van der Waals surface area (Å²) in [4.78, 5) is 5.03. The summed E-state index contributed by atoms with van der Waals surface area (Å²) >= 11 is 5.78. The summed E-state index contributed by atoms with van der Waals surface area (Å²) in [6, 6.07) is 4.29. The third kappa shape index (κ3) is 2.95. The summed E-state index contributed by atoms with van der Waals surface area (Å²) in [7, 11) is 0. The molecule has 3 aromatic rings. The molecule has 0 bridgehead atoms. The Morgan fingerprint density at radius 3 is 2.52 bits per heavy atom. The zero-order valence-electron chi connectivity index (χ0n) is 12.4.